The molecule has 1 amide bonds. The quantitative estimate of drug-likeness (QED) is 0.854. The highest BCUT2D eigenvalue weighted by atomic mass is 16.3. The van der Waals surface area contributed by atoms with E-state index in [1.807, 2.05) is 31.2 Å². The Hall–Kier alpha value is -2.14. The van der Waals surface area contributed by atoms with Gasteiger partial charge >= 0.3 is 0 Å². The first kappa shape index (κ1) is 15.3. The predicted molar refractivity (Wildman–Crippen MR) is 82.1 cm³/mol. The zero-order valence-corrected chi connectivity index (χ0v) is 12.4. The number of carbonyl (C=O) groups is 1. The van der Waals surface area contributed by atoms with Gasteiger partial charge in [0, 0.05) is 5.69 Å². The second-order valence-corrected chi connectivity index (χ2v) is 4.97. The number of hydrogen-bond donors (Lipinski definition) is 2. The number of anilines is 1. The van der Waals surface area contributed by atoms with Gasteiger partial charge < -0.3 is 15.5 Å². The molecule has 0 aliphatic rings. The summed E-state index contributed by atoms with van der Waals surface area (Å²) in [5.74, 6) is 0.117. The summed E-state index contributed by atoms with van der Waals surface area (Å²) in [6, 6.07) is 7.47. The molecule has 0 aliphatic heterocycles. The van der Waals surface area contributed by atoms with E-state index < -0.39 is 0 Å². The summed E-state index contributed by atoms with van der Waals surface area (Å²) in [4.78, 5) is 16.3. The van der Waals surface area contributed by atoms with Crippen molar-refractivity contribution < 1.29 is 9.21 Å². The van der Waals surface area contributed by atoms with Gasteiger partial charge in [0.1, 0.15) is 6.26 Å². The van der Waals surface area contributed by atoms with Gasteiger partial charge in [0.05, 0.1) is 6.04 Å². The number of aryl methyl sites for hydroxylation is 1. The summed E-state index contributed by atoms with van der Waals surface area (Å²) < 4.78 is 5.29. The van der Waals surface area contributed by atoms with E-state index in [9.17, 15) is 4.79 Å². The Labute approximate surface area is 124 Å². The number of amides is 1. The Morgan fingerprint density at radius 2 is 2.24 bits per heavy atom. The van der Waals surface area contributed by atoms with E-state index in [4.69, 9.17) is 10.2 Å². The van der Waals surface area contributed by atoms with Gasteiger partial charge in [-0.2, -0.15) is 0 Å². The first-order valence-corrected chi connectivity index (χ1v) is 7.25. The maximum Gasteiger partial charge on any atom is 0.277 e. The smallest absolute Gasteiger partial charge is 0.277 e. The number of aromatic nitrogens is 1. The largest absolute Gasteiger partial charge is 0.446 e. The lowest BCUT2D eigenvalue weighted by Gasteiger charge is -2.05. The molecule has 0 fully saturated rings. The fourth-order valence-corrected chi connectivity index (χ4v) is 2.06. The van der Waals surface area contributed by atoms with Gasteiger partial charge in [-0.15, -0.1) is 0 Å². The van der Waals surface area contributed by atoms with Crippen LogP contribution in [0, 0.1) is 0 Å². The zero-order chi connectivity index (χ0) is 15.2. The van der Waals surface area contributed by atoms with E-state index in [2.05, 4.69) is 17.2 Å². The van der Waals surface area contributed by atoms with Crippen molar-refractivity contribution in [3.8, 4) is 0 Å². The van der Waals surface area contributed by atoms with Gasteiger partial charge in [0.15, 0.2) is 5.69 Å². The first-order valence-electron chi connectivity index (χ1n) is 7.25. The minimum absolute atomic E-state index is 0.249. The van der Waals surface area contributed by atoms with E-state index in [0.717, 1.165) is 24.9 Å². The van der Waals surface area contributed by atoms with Crippen molar-refractivity contribution in [3.05, 3.63) is 47.7 Å². The topological polar surface area (TPSA) is 81.1 Å². The summed E-state index contributed by atoms with van der Waals surface area (Å²) in [5.41, 5.74) is 8.09. The molecule has 1 heterocycles. The maximum atomic E-state index is 12.1. The number of benzene rings is 1. The summed E-state index contributed by atoms with van der Waals surface area (Å²) >= 11 is 0. The van der Waals surface area contributed by atoms with Crippen LogP contribution in [-0.2, 0) is 6.42 Å². The lowest BCUT2D eigenvalue weighted by atomic mass is 10.1. The van der Waals surface area contributed by atoms with Crippen molar-refractivity contribution in [2.24, 2.45) is 5.73 Å². The third-order valence-corrected chi connectivity index (χ3v) is 3.26. The van der Waals surface area contributed by atoms with Crippen molar-refractivity contribution >= 4 is 11.6 Å². The monoisotopic (exact) mass is 287 g/mol. The Kier molecular flexibility index (Phi) is 5.11. The van der Waals surface area contributed by atoms with Crippen molar-refractivity contribution in [2.45, 2.75) is 39.2 Å². The third kappa shape index (κ3) is 3.92. The van der Waals surface area contributed by atoms with Crippen LogP contribution in [0.4, 0.5) is 5.69 Å². The Morgan fingerprint density at radius 3 is 2.95 bits per heavy atom. The minimum Gasteiger partial charge on any atom is -0.446 e. The second kappa shape index (κ2) is 7.04. The van der Waals surface area contributed by atoms with Crippen LogP contribution in [0.3, 0.4) is 0 Å². The molecule has 5 nitrogen and oxygen atoms in total. The molecule has 0 aliphatic carbocycles. The van der Waals surface area contributed by atoms with Gasteiger partial charge in [-0.05, 0) is 30.5 Å². The molecular weight excluding hydrogens is 266 g/mol. The molecule has 1 unspecified atom stereocenters. The molecule has 1 atom stereocenters. The molecule has 0 saturated heterocycles. The molecule has 21 heavy (non-hydrogen) atoms. The number of nitrogens with two attached hydrogens (primary N) is 1. The van der Waals surface area contributed by atoms with E-state index in [-0.39, 0.29) is 17.6 Å². The normalized spacial score (nSPS) is 12.1. The van der Waals surface area contributed by atoms with Crippen LogP contribution in [0.2, 0.25) is 0 Å². The average molecular weight is 287 g/mol. The summed E-state index contributed by atoms with van der Waals surface area (Å²) in [6.07, 6.45) is 3.99. The summed E-state index contributed by atoms with van der Waals surface area (Å²) in [5, 5.41) is 2.81. The molecule has 0 saturated carbocycles. The van der Waals surface area contributed by atoms with Crippen LogP contribution < -0.4 is 11.1 Å². The minimum atomic E-state index is -0.290. The number of nitrogens with zero attached hydrogens (tertiary/aromatic N) is 1. The molecule has 3 N–H and O–H groups in total. The predicted octanol–water partition coefficient (Wildman–Crippen LogP) is 3.29. The van der Waals surface area contributed by atoms with Crippen LogP contribution in [0.5, 0.6) is 0 Å². The van der Waals surface area contributed by atoms with Gasteiger partial charge in [-0.25, -0.2) is 4.98 Å². The van der Waals surface area contributed by atoms with Gasteiger partial charge in [-0.1, -0.05) is 32.4 Å². The number of oxazole rings is 1. The molecule has 0 bridgehead atoms. The Bertz CT molecular complexity index is 607. The van der Waals surface area contributed by atoms with Crippen molar-refractivity contribution in [2.75, 3.05) is 5.32 Å². The third-order valence-electron chi connectivity index (χ3n) is 3.26. The van der Waals surface area contributed by atoms with Gasteiger partial charge in [0.2, 0.25) is 5.89 Å². The van der Waals surface area contributed by atoms with Crippen LogP contribution in [0.15, 0.2) is 34.9 Å². The van der Waals surface area contributed by atoms with E-state index in [1.54, 1.807) is 0 Å². The molecular formula is C16H21N3O2. The highest BCUT2D eigenvalue weighted by Gasteiger charge is 2.16. The van der Waals surface area contributed by atoms with Crippen LogP contribution in [0.25, 0.3) is 0 Å². The molecule has 0 spiro atoms. The second-order valence-electron chi connectivity index (χ2n) is 4.97. The number of rotatable bonds is 6. The molecule has 1 aromatic heterocycles. The molecule has 1 aromatic carbocycles. The van der Waals surface area contributed by atoms with Crippen LogP contribution in [0.1, 0.15) is 54.7 Å². The van der Waals surface area contributed by atoms with E-state index in [0.29, 0.717) is 5.89 Å². The van der Waals surface area contributed by atoms with Crippen molar-refractivity contribution in [1.29, 1.82) is 0 Å². The number of hydrogen-bond acceptors (Lipinski definition) is 4. The lowest BCUT2D eigenvalue weighted by Crippen LogP contribution is -2.14. The molecule has 112 valence electrons. The van der Waals surface area contributed by atoms with Crippen molar-refractivity contribution in [3.63, 3.8) is 0 Å². The van der Waals surface area contributed by atoms with Crippen LogP contribution in [-0.4, -0.2) is 10.9 Å². The lowest BCUT2D eigenvalue weighted by molar-refractivity contribution is 0.102. The molecule has 5 heteroatoms. The zero-order valence-electron chi connectivity index (χ0n) is 12.4. The Morgan fingerprint density at radius 1 is 1.43 bits per heavy atom. The Balaban J connectivity index is 2.06. The van der Waals surface area contributed by atoms with Crippen LogP contribution >= 0.6 is 0 Å². The van der Waals surface area contributed by atoms with Gasteiger partial charge in [0.25, 0.3) is 5.91 Å². The fraction of sp³-hybridized carbons (Fsp3) is 0.375. The SMILES string of the molecule is CCCC(N)c1nc(C(=O)Nc2cccc(CC)c2)co1. The molecule has 2 rings (SSSR count). The average Bonchev–Trinajstić information content (AvgIpc) is 2.98. The van der Waals surface area contributed by atoms with Crippen molar-refractivity contribution in [1.82, 2.24) is 4.98 Å². The first-order chi connectivity index (χ1) is 10.1. The number of carbonyl (C=O) groups excluding carboxylic acids is 1. The highest BCUT2D eigenvalue weighted by molar-refractivity contribution is 6.02. The molecule has 0 radical (unpaired) electrons. The van der Waals surface area contributed by atoms with E-state index in [1.165, 1.54) is 11.8 Å². The summed E-state index contributed by atoms with van der Waals surface area (Å²) in [6.45, 7) is 4.11. The van der Waals surface area contributed by atoms with Gasteiger partial charge in [-0.3, -0.25) is 4.79 Å². The number of nitrogens with one attached hydrogen (secondary N) is 1. The standard InChI is InChI=1S/C16H21N3O2/c1-3-6-13(17)16-19-14(10-21-16)15(20)18-12-8-5-7-11(4-2)9-12/h5,7-10,13H,3-4,6,17H2,1-2H3,(H,18,20). The molecule has 2 aromatic rings. The summed E-state index contributed by atoms with van der Waals surface area (Å²) in [7, 11) is 0. The fourth-order valence-electron chi connectivity index (χ4n) is 2.06. The van der Waals surface area contributed by atoms with E-state index >= 15 is 0 Å². The maximum absolute atomic E-state index is 12.1. The highest BCUT2D eigenvalue weighted by Crippen LogP contribution is 2.16.